The number of hydrogen-bond donors (Lipinski definition) is 1. The lowest BCUT2D eigenvalue weighted by molar-refractivity contribution is -0.150. The van der Waals surface area contributed by atoms with Crippen molar-refractivity contribution >= 4 is 17.7 Å². The molecule has 3 rings (SSSR count). The van der Waals surface area contributed by atoms with E-state index in [9.17, 15) is 9.59 Å². The van der Waals surface area contributed by atoms with Gasteiger partial charge in [-0.15, -0.1) is 0 Å². The van der Waals surface area contributed by atoms with E-state index in [-0.39, 0.29) is 37.1 Å². The Hall–Kier alpha value is -3.06. The lowest BCUT2D eigenvalue weighted by Gasteiger charge is -2.32. The van der Waals surface area contributed by atoms with E-state index in [2.05, 4.69) is 5.32 Å². The molecule has 7 heteroatoms. The van der Waals surface area contributed by atoms with Gasteiger partial charge in [0, 0.05) is 24.3 Å². The molecule has 7 nitrogen and oxygen atoms in total. The van der Waals surface area contributed by atoms with E-state index in [0.717, 1.165) is 11.1 Å². The Bertz CT molecular complexity index is 867. The molecule has 0 saturated carbocycles. The average Bonchev–Trinajstić information content (AvgIpc) is 2.72. The number of anilines is 1. The van der Waals surface area contributed by atoms with Crippen molar-refractivity contribution in [1.29, 1.82) is 0 Å². The van der Waals surface area contributed by atoms with Gasteiger partial charge in [-0.2, -0.15) is 0 Å². The van der Waals surface area contributed by atoms with Crippen LogP contribution in [0.5, 0.6) is 5.75 Å². The minimum Gasteiger partial charge on any atom is -0.493 e. The predicted octanol–water partition coefficient (Wildman–Crippen LogP) is 4.47. The highest BCUT2D eigenvalue weighted by atomic mass is 16.6. The van der Waals surface area contributed by atoms with Crippen molar-refractivity contribution in [2.45, 2.75) is 39.1 Å². The maximum absolute atomic E-state index is 12.2. The van der Waals surface area contributed by atoms with Crippen LogP contribution in [0.1, 0.15) is 37.5 Å². The minimum atomic E-state index is -0.554. The van der Waals surface area contributed by atoms with Gasteiger partial charge in [-0.3, -0.25) is 10.1 Å². The molecule has 2 aromatic rings. The number of benzene rings is 2. The molecular formula is C23H27NO6. The molecule has 1 amide bonds. The first-order chi connectivity index (χ1) is 14.5. The first-order valence-corrected chi connectivity index (χ1v) is 9.93. The maximum atomic E-state index is 12.2. The molecule has 2 atom stereocenters. The van der Waals surface area contributed by atoms with Crippen molar-refractivity contribution in [1.82, 2.24) is 0 Å². The third kappa shape index (κ3) is 5.73. The molecule has 1 aliphatic heterocycles. The van der Waals surface area contributed by atoms with Gasteiger partial charge in [0.25, 0.3) is 0 Å². The number of carbonyl (C=O) groups excluding carboxylic acids is 2. The van der Waals surface area contributed by atoms with Gasteiger partial charge < -0.3 is 18.9 Å². The van der Waals surface area contributed by atoms with Crippen LogP contribution >= 0.6 is 0 Å². The summed E-state index contributed by atoms with van der Waals surface area (Å²) in [5, 5.41) is 2.72. The number of rotatable bonds is 7. The fourth-order valence-corrected chi connectivity index (χ4v) is 3.41. The Labute approximate surface area is 176 Å². The van der Waals surface area contributed by atoms with Crippen LogP contribution in [0, 0.1) is 5.92 Å². The SMILES string of the molecule is COC1c2cc(NC(=O)OCc3ccccc3)ccc2OCC1CC(=O)OC(C)C. The lowest BCUT2D eigenvalue weighted by Crippen LogP contribution is -2.30. The highest BCUT2D eigenvalue weighted by Crippen LogP contribution is 2.40. The van der Waals surface area contributed by atoms with Crippen LogP contribution in [0.15, 0.2) is 48.5 Å². The molecule has 1 aliphatic rings. The molecule has 1 N–H and O–H groups in total. The molecule has 0 aromatic heterocycles. The molecule has 0 aliphatic carbocycles. The zero-order valence-electron chi connectivity index (χ0n) is 17.4. The molecule has 0 radical (unpaired) electrons. The van der Waals surface area contributed by atoms with Gasteiger partial charge in [-0.05, 0) is 37.6 Å². The van der Waals surface area contributed by atoms with E-state index in [4.69, 9.17) is 18.9 Å². The summed E-state index contributed by atoms with van der Waals surface area (Å²) < 4.78 is 22.0. The Morgan fingerprint density at radius 2 is 1.93 bits per heavy atom. The van der Waals surface area contributed by atoms with Crippen molar-refractivity contribution in [3.05, 3.63) is 59.7 Å². The summed E-state index contributed by atoms with van der Waals surface area (Å²) in [6.07, 6.45) is -0.891. The quantitative estimate of drug-likeness (QED) is 0.674. The number of carbonyl (C=O) groups is 2. The molecule has 30 heavy (non-hydrogen) atoms. The van der Waals surface area contributed by atoms with Crippen LogP contribution in [-0.4, -0.2) is 31.9 Å². The molecule has 0 fully saturated rings. The Kier molecular flexibility index (Phi) is 7.30. The largest absolute Gasteiger partial charge is 0.493 e. The molecule has 2 unspecified atom stereocenters. The maximum Gasteiger partial charge on any atom is 0.411 e. The third-order valence-electron chi connectivity index (χ3n) is 4.71. The smallest absolute Gasteiger partial charge is 0.411 e. The summed E-state index contributed by atoms with van der Waals surface area (Å²) in [5.74, 6) is 0.190. The van der Waals surface area contributed by atoms with Crippen LogP contribution in [0.4, 0.5) is 10.5 Å². The van der Waals surface area contributed by atoms with Crippen molar-refractivity contribution in [3.8, 4) is 5.75 Å². The zero-order chi connectivity index (χ0) is 21.5. The number of amides is 1. The first kappa shape index (κ1) is 21.6. The molecule has 0 saturated heterocycles. The second-order valence-electron chi connectivity index (χ2n) is 7.41. The van der Waals surface area contributed by atoms with Crippen molar-refractivity contribution in [2.24, 2.45) is 5.92 Å². The number of fused-ring (bicyclic) bond motifs is 1. The first-order valence-electron chi connectivity index (χ1n) is 9.93. The Morgan fingerprint density at radius 3 is 2.63 bits per heavy atom. The van der Waals surface area contributed by atoms with E-state index in [1.54, 1.807) is 25.3 Å². The van der Waals surface area contributed by atoms with Gasteiger partial charge in [-0.1, -0.05) is 30.3 Å². The van der Waals surface area contributed by atoms with Crippen LogP contribution in [0.3, 0.4) is 0 Å². The van der Waals surface area contributed by atoms with Gasteiger partial charge >= 0.3 is 12.1 Å². The standard InChI is InChI=1S/C23H27NO6/c1-15(2)30-21(25)11-17-14-28-20-10-9-18(12-19(20)22(17)27-3)24-23(26)29-13-16-7-5-4-6-8-16/h4-10,12,15,17,22H,11,13-14H2,1-3H3,(H,24,26). The minimum absolute atomic E-state index is 0.173. The normalized spacial score (nSPS) is 17.6. The number of hydrogen-bond acceptors (Lipinski definition) is 6. The topological polar surface area (TPSA) is 83.1 Å². The van der Waals surface area contributed by atoms with Gasteiger partial charge in [0.15, 0.2) is 0 Å². The zero-order valence-corrected chi connectivity index (χ0v) is 17.4. The van der Waals surface area contributed by atoms with E-state index < -0.39 is 6.09 Å². The van der Waals surface area contributed by atoms with E-state index in [1.165, 1.54) is 0 Å². The predicted molar refractivity (Wildman–Crippen MR) is 111 cm³/mol. The molecular weight excluding hydrogens is 386 g/mol. The Morgan fingerprint density at radius 1 is 1.17 bits per heavy atom. The molecule has 0 spiro atoms. The number of methoxy groups -OCH3 is 1. The summed E-state index contributed by atoms with van der Waals surface area (Å²) in [6, 6.07) is 14.7. The summed E-state index contributed by atoms with van der Waals surface area (Å²) in [6.45, 7) is 4.16. The van der Waals surface area contributed by atoms with Gasteiger partial charge in [0.1, 0.15) is 12.4 Å². The van der Waals surface area contributed by atoms with Gasteiger partial charge in [-0.25, -0.2) is 4.79 Å². The summed E-state index contributed by atoms with van der Waals surface area (Å²) in [4.78, 5) is 24.2. The fourth-order valence-electron chi connectivity index (χ4n) is 3.41. The van der Waals surface area contributed by atoms with E-state index >= 15 is 0 Å². The van der Waals surface area contributed by atoms with Crippen molar-refractivity contribution in [2.75, 3.05) is 19.0 Å². The Balaban J connectivity index is 1.65. The van der Waals surface area contributed by atoms with Gasteiger partial charge in [0.2, 0.25) is 0 Å². The summed E-state index contributed by atoms with van der Waals surface area (Å²) in [5.41, 5.74) is 2.23. The molecule has 0 bridgehead atoms. The van der Waals surface area contributed by atoms with E-state index in [0.29, 0.717) is 18.0 Å². The second-order valence-corrected chi connectivity index (χ2v) is 7.41. The van der Waals surface area contributed by atoms with Crippen molar-refractivity contribution in [3.63, 3.8) is 0 Å². The van der Waals surface area contributed by atoms with Crippen LogP contribution in [0.2, 0.25) is 0 Å². The highest BCUT2D eigenvalue weighted by molar-refractivity contribution is 5.85. The average molecular weight is 413 g/mol. The molecule has 160 valence electrons. The molecule has 1 heterocycles. The van der Waals surface area contributed by atoms with Gasteiger partial charge in [0.05, 0.1) is 25.2 Å². The fraction of sp³-hybridized carbons (Fsp3) is 0.391. The third-order valence-corrected chi connectivity index (χ3v) is 4.71. The van der Waals surface area contributed by atoms with Crippen LogP contribution in [-0.2, 0) is 25.6 Å². The van der Waals surface area contributed by atoms with Crippen molar-refractivity contribution < 1.29 is 28.5 Å². The highest BCUT2D eigenvalue weighted by Gasteiger charge is 2.33. The van der Waals surface area contributed by atoms with Crippen LogP contribution < -0.4 is 10.1 Å². The van der Waals surface area contributed by atoms with E-state index in [1.807, 2.05) is 44.2 Å². The second kappa shape index (κ2) is 10.1. The van der Waals surface area contributed by atoms with Crippen LogP contribution in [0.25, 0.3) is 0 Å². The number of nitrogens with one attached hydrogen (secondary N) is 1. The summed E-state index contributed by atoms with van der Waals surface area (Å²) in [7, 11) is 1.59. The number of esters is 1. The lowest BCUT2D eigenvalue weighted by atomic mass is 9.90. The monoisotopic (exact) mass is 413 g/mol. The molecule has 2 aromatic carbocycles. The number of ether oxygens (including phenoxy) is 4. The summed E-state index contributed by atoms with van der Waals surface area (Å²) >= 11 is 0.